The zero-order valence-corrected chi connectivity index (χ0v) is 9.64. The minimum Gasteiger partial charge on any atom is -0.373 e. The Balaban J connectivity index is 2.33. The number of hydrogen-bond acceptors (Lipinski definition) is 4. The molecule has 0 saturated carbocycles. The summed E-state index contributed by atoms with van der Waals surface area (Å²) in [5.41, 5.74) is 0.365. The highest BCUT2D eigenvalue weighted by molar-refractivity contribution is 5.91. The number of anilines is 1. The van der Waals surface area contributed by atoms with Gasteiger partial charge in [-0.3, -0.25) is 4.79 Å². The summed E-state index contributed by atoms with van der Waals surface area (Å²) in [6, 6.07) is 7.19. The Morgan fingerprint density at radius 3 is 2.82 bits per heavy atom. The smallest absolute Gasteiger partial charge is 0.271 e. The van der Waals surface area contributed by atoms with E-state index in [0.717, 1.165) is 5.82 Å². The number of nitrogens with one attached hydrogen (secondary N) is 2. The van der Waals surface area contributed by atoms with Crippen LogP contribution in [-0.2, 0) is 0 Å². The van der Waals surface area contributed by atoms with E-state index in [1.54, 1.807) is 31.0 Å². The van der Waals surface area contributed by atoms with Gasteiger partial charge in [-0.2, -0.15) is 5.10 Å². The monoisotopic (exact) mass is 231 g/mol. The van der Waals surface area contributed by atoms with Crippen molar-refractivity contribution in [1.82, 2.24) is 20.1 Å². The molecule has 0 aromatic carbocycles. The lowest BCUT2D eigenvalue weighted by molar-refractivity contribution is 0.0957. The molecule has 0 atom stereocenters. The number of aromatic nitrogens is 3. The highest BCUT2D eigenvalue weighted by Crippen LogP contribution is 2.08. The standard InChI is InChI=1S/C11H13N5O/c1-12-9-4-3-5-10(14-9)16-7-6-8(15-16)11(17)13-2/h3-7H,1-2H3,(H,12,14)(H,13,17). The Morgan fingerprint density at radius 2 is 2.12 bits per heavy atom. The summed E-state index contributed by atoms with van der Waals surface area (Å²) in [6.07, 6.45) is 1.70. The van der Waals surface area contributed by atoms with Crippen molar-refractivity contribution < 1.29 is 4.79 Å². The Bertz CT molecular complexity index is 534. The van der Waals surface area contributed by atoms with Crippen molar-refractivity contribution in [2.75, 3.05) is 19.4 Å². The van der Waals surface area contributed by atoms with Crippen LogP contribution in [0, 0.1) is 0 Å². The highest BCUT2D eigenvalue weighted by Gasteiger charge is 2.08. The second kappa shape index (κ2) is 4.65. The molecular formula is C11H13N5O. The van der Waals surface area contributed by atoms with Crippen molar-refractivity contribution in [2.24, 2.45) is 0 Å². The molecule has 2 rings (SSSR count). The zero-order chi connectivity index (χ0) is 12.3. The van der Waals surface area contributed by atoms with Crippen molar-refractivity contribution in [3.8, 4) is 5.82 Å². The van der Waals surface area contributed by atoms with Gasteiger partial charge in [0.15, 0.2) is 11.5 Å². The van der Waals surface area contributed by atoms with E-state index in [0.29, 0.717) is 11.5 Å². The van der Waals surface area contributed by atoms with Crippen LogP contribution in [0.4, 0.5) is 5.82 Å². The molecule has 88 valence electrons. The molecule has 0 unspecified atom stereocenters. The SMILES string of the molecule is CNC(=O)c1ccn(-c2cccc(NC)n2)n1. The summed E-state index contributed by atoms with van der Waals surface area (Å²) in [7, 11) is 3.37. The van der Waals surface area contributed by atoms with Crippen LogP contribution in [0.5, 0.6) is 0 Å². The lowest BCUT2D eigenvalue weighted by Crippen LogP contribution is -2.18. The maximum absolute atomic E-state index is 11.4. The van der Waals surface area contributed by atoms with E-state index >= 15 is 0 Å². The predicted octanol–water partition coefficient (Wildman–Crippen LogP) is 0.669. The van der Waals surface area contributed by atoms with Gasteiger partial charge >= 0.3 is 0 Å². The normalized spacial score (nSPS) is 10.0. The van der Waals surface area contributed by atoms with Crippen LogP contribution in [-0.4, -0.2) is 34.8 Å². The van der Waals surface area contributed by atoms with E-state index in [4.69, 9.17) is 0 Å². The van der Waals surface area contributed by atoms with Crippen molar-refractivity contribution in [1.29, 1.82) is 0 Å². The third kappa shape index (κ3) is 2.25. The first-order chi connectivity index (χ1) is 8.24. The van der Waals surface area contributed by atoms with Crippen LogP contribution in [0.25, 0.3) is 5.82 Å². The Morgan fingerprint density at radius 1 is 1.29 bits per heavy atom. The zero-order valence-electron chi connectivity index (χ0n) is 9.64. The summed E-state index contributed by atoms with van der Waals surface area (Å²) in [5, 5.41) is 9.61. The molecule has 0 spiro atoms. The van der Waals surface area contributed by atoms with Gasteiger partial charge in [-0.1, -0.05) is 6.07 Å². The molecule has 2 N–H and O–H groups in total. The minimum absolute atomic E-state index is 0.214. The third-order valence-electron chi connectivity index (χ3n) is 2.27. The quantitative estimate of drug-likeness (QED) is 0.814. The van der Waals surface area contributed by atoms with Gasteiger partial charge in [-0.05, 0) is 18.2 Å². The van der Waals surface area contributed by atoms with Crippen LogP contribution in [0.2, 0.25) is 0 Å². The Labute approximate surface area is 98.7 Å². The second-order valence-electron chi connectivity index (χ2n) is 3.36. The fourth-order valence-electron chi connectivity index (χ4n) is 1.39. The van der Waals surface area contributed by atoms with E-state index in [1.165, 1.54) is 0 Å². The van der Waals surface area contributed by atoms with Gasteiger partial charge in [0.1, 0.15) is 5.82 Å². The van der Waals surface area contributed by atoms with Crippen LogP contribution >= 0.6 is 0 Å². The summed E-state index contributed by atoms with van der Waals surface area (Å²) in [6.45, 7) is 0. The average Bonchev–Trinajstić information content (AvgIpc) is 2.87. The molecule has 6 nitrogen and oxygen atoms in total. The van der Waals surface area contributed by atoms with Gasteiger partial charge in [0.05, 0.1) is 0 Å². The topological polar surface area (TPSA) is 71.8 Å². The molecule has 2 aromatic heterocycles. The van der Waals surface area contributed by atoms with Crippen LogP contribution in [0.3, 0.4) is 0 Å². The average molecular weight is 231 g/mol. The minimum atomic E-state index is -0.214. The molecule has 2 aromatic rings. The molecule has 0 radical (unpaired) electrons. The Kier molecular flexibility index (Phi) is 3.04. The van der Waals surface area contributed by atoms with Crippen LogP contribution in [0.15, 0.2) is 30.5 Å². The number of rotatable bonds is 3. The molecule has 0 aliphatic carbocycles. The largest absolute Gasteiger partial charge is 0.373 e. The van der Waals surface area contributed by atoms with Gasteiger partial charge in [-0.15, -0.1) is 0 Å². The maximum Gasteiger partial charge on any atom is 0.271 e. The molecular weight excluding hydrogens is 218 g/mol. The van der Waals surface area contributed by atoms with Crippen molar-refractivity contribution in [3.63, 3.8) is 0 Å². The highest BCUT2D eigenvalue weighted by atomic mass is 16.1. The third-order valence-corrected chi connectivity index (χ3v) is 2.27. The number of carbonyl (C=O) groups excluding carboxylic acids is 1. The molecule has 0 fully saturated rings. The van der Waals surface area contributed by atoms with E-state index in [1.807, 2.05) is 18.2 Å². The lowest BCUT2D eigenvalue weighted by atomic mass is 10.4. The van der Waals surface area contributed by atoms with Gasteiger partial charge in [0, 0.05) is 20.3 Å². The van der Waals surface area contributed by atoms with Crippen molar-refractivity contribution in [2.45, 2.75) is 0 Å². The molecule has 0 aliphatic heterocycles. The van der Waals surface area contributed by atoms with E-state index in [9.17, 15) is 4.79 Å². The van der Waals surface area contributed by atoms with Gasteiger partial charge in [-0.25, -0.2) is 9.67 Å². The molecule has 0 saturated heterocycles. The van der Waals surface area contributed by atoms with E-state index in [-0.39, 0.29) is 5.91 Å². The van der Waals surface area contributed by atoms with Gasteiger partial charge < -0.3 is 10.6 Å². The molecule has 0 aliphatic rings. The van der Waals surface area contributed by atoms with Crippen molar-refractivity contribution in [3.05, 3.63) is 36.2 Å². The summed E-state index contributed by atoms with van der Waals surface area (Å²) in [4.78, 5) is 15.7. The fourth-order valence-corrected chi connectivity index (χ4v) is 1.39. The first-order valence-corrected chi connectivity index (χ1v) is 5.17. The first kappa shape index (κ1) is 11.1. The summed E-state index contributed by atoms with van der Waals surface area (Å²) in [5.74, 6) is 1.19. The maximum atomic E-state index is 11.4. The number of nitrogens with zero attached hydrogens (tertiary/aromatic N) is 3. The van der Waals surface area contributed by atoms with Crippen molar-refractivity contribution >= 4 is 11.7 Å². The molecule has 2 heterocycles. The molecule has 17 heavy (non-hydrogen) atoms. The van der Waals surface area contributed by atoms with Crippen LogP contribution < -0.4 is 10.6 Å². The fraction of sp³-hybridized carbons (Fsp3) is 0.182. The number of pyridine rings is 1. The first-order valence-electron chi connectivity index (χ1n) is 5.17. The summed E-state index contributed by atoms with van der Waals surface area (Å²) < 4.78 is 1.56. The predicted molar refractivity (Wildman–Crippen MR) is 64.3 cm³/mol. The second-order valence-corrected chi connectivity index (χ2v) is 3.36. The van der Waals surface area contributed by atoms with E-state index in [2.05, 4.69) is 20.7 Å². The number of amides is 1. The lowest BCUT2D eigenvalue weighted by Gasteiger charge is -2.03. The molecule has 0 bridgehead atoms. The molecule has 6 heteroatoms. The van der Waals surface area contributed by atoms with Gasteiger partial charge in [0.25, 0.3) is 5.91 Å². The Hall–Kier alpha value is -2.37. The van der Waals surface area contributed by atoms with E-state index < -0.39 is 0 Å². The number of hydrogen-bond donors (Lipinski definition) is 2. The molecule has 1 amide bonds. The van der Waals surface area contributed by atoms with Crippen LogP contribution in [0.1, 0.15) is 10.5 Å². The summed E-state index contributed by atoms with van der Waals surface area (Å²) >= 11 is 0. The van der Waals surface area contributed by atoms with Gasteiger partial charge in [0.2, 0.25) is 0 Å². The number of carbonyl (C=O) groups is 1.